The second-order valence-electron chi connectivity index (χ2n) is 9.66. The lowest BCUT2D eigenvalue weighted by molar-refractivity contribution is -0.195. The maximum Gasteiger partial charge on any atom is 0.312 e. The number of anilines is 1. The summed E-state index contributed by atoms with van der Waals surface area (Å²) in [5.74, 6) is 0.249. The molecule has 4 atom stereocenters. The second kappa shape index (κ2) is 6.66. The van der Waals surface area contributed by atoms with Crippen LogP contribution < -0.4 is 4.90 Å². The molecule has 5 fully saturated rings. The van der Waals surface area contributed by atoms with Gasteiger partial charge in [0.1, 0.15) is 0 Å². The Morgan fingerprint density at radius 1 is 1.17 bits per heavy atom. The largest absolute Gasteiger partial charge is 0.457 e. The Balaban J connectivity index is 1.25. The third kappa shape index (κ3) is 3.27. The topological polar surface area (TPSA) is 83.9 Å². The summed E-state index contributed by atoms with van der Waals surface area (Å²) in [6.07, 6.45) is 6.04. The number of aliphatic hydroxyl groups is 1. The van der Waals surface area contributed by atoms with Crippen molar-refractivity contribution >= 4 is 23.3 Å². The molecule has 1 N–H and O–H groups in total. The zero-order valence-corrected chi connectivity index (χ0v) is 16.6. The van der Waals surface area contributed by atoms with E-state index in [1.54, 1.807) is 23.1 Å². The number of benzene rings is 1. The van der Waals surface area contributed by atoms with Crippen LogP contribution in [0.4, 0.5) is 5.69 Å². The highest BCUT2D eigenvalue weighted by Crippen LogP contribution is 2.61. The van der Waals surface area contributed by atoms with E-state index in [1.807, 2.05) is 6.07 Å². The fourth-order valence-corrected chi connectivity index (χ4v) is 6.59. The van der Waals surface area contributed by atoms with Gasteiger partial charge in [0.15, 0.2) is 12.4 Å². The maximum atomic E-state index is 13.0. The number of amides is 1. The van der Waals surface area contributed by atoms with Gasteiger partial charge < -0.3 is 14.7 Å². The molecular weight excluding hydrogens is 370 g/mol. The lowest BCUT2D eigenvalue weighted by Crippen LogP contribution is -2.58. The summed E-state index contributed by atoms with van der Waals surface area (Å²) < 4.78 is 5.49. The first-order valence-electron chi connectivity index (χ1n) is 10.7. The van der Waals surface area contributed by atoms with Gasteiger partial charge in [-0.05, 0) is 68.9 Å². The number of hydrogen-bond acceptors (Lipinski definition) is 5. The Labute approximate surface area is 170 Å². The molecule has 0 radical (unpaired) electrons. The maximum absolute atomic E-state index is 13.0. The molecule has 154 valence electrons. The summed E-state index contributed by atoms with van der Waals surface area (Å²) in [6, 6.07) is 6.97. The van der Waals surface area contributed by atoms with Crippen LogP contribution in [0.25, 0.3) is 0 Å². The van der Waals surface area contributed by atoms with Crippen molar-refractivity contribution in [3.8, 4) is 0 Å². The zero-order valence-electron chi connectivity index (χ0n) is 16.6. The highest BCUT2D eigenvalue weighted by molar-refractivity contribution is 6.01. The molecule has 6 nitrogen and oxygen atoms in total. The van der Waals surface area contributed by atoms with Gasteiger partial charge >= 0.3 is 5.97 Å². The Kier molecular flexibility index (Phi) is 4.32. The van der Waals surface area contributed by atoms with Crippen LogP contribution in [0.2, 0.25) is 0 Å². The number of carbonyl (C=O) groups is 3. The fraction of sp³-hybridized carbons (Fsp3) is 0.609. The normalized spacial score (nSPS) is 35.2. The van der Waals surface area contributed by atoms with E-state index in [0.29, 0.717) is 42.5 Å². The molecule has 0 aromatic heterocycles. The fourth-order valence-electron chi connectivity index (χ4n) is 6.59. The SMILES string of the molecule is O=C(COC(=O)C12C[C@@H]3C[C@@H](CC(O)(C3)C1)C2)c1cccc(N2CCCC2=O)c1. The Morgan fingerprint density at radius 2 is 1.93 bits per heavy atom. The van der Waals surface area contributed by atoms with E-state index in [1.165, 1.54) is 0 Å². The molecule has 6 rings (SSSR count). The molecule has 1 amide bonds. The quantitative estimate of drug-likeness (QED) is 0.610. The van der Waals surface area contributed by atoms with E-state index in [-0.39, 0.29) is 24.3 Å². The molecular formula is C23H27NO5. The number of carbonyl (C=O) groups excluding carboxylic acids is 3. The van der Waals surface area contributed by atoms with Crippen molar-refractivity contribution in [2.45, 2.75) is 57.0 Å². The lowest BCUT2D eigenvalue weighted by atomic mass is 9.48. The van der Waals surface area contributed by atoms with Crippen LogP contribution in [0.1, 0.15) is 61.7 Å². The average molecular weight is 397 g/mol. The predicted molar refractivity (Wildman–Crippen MR) is 105 cm³/mol. The van der Waals surface area contributed by atoms with Crippen LogP contribution in [0.15, 0.2) is 24.3 Å². The number of esters is 1. The average Bonchev–Trinajstić information content (AvgIpc) is 3.10. The van der Waals surface area contributed by atoms with Crippen molar-refractivity contribution in [1.29, 1.82) is 0 Å². The van der Waals surface area contributed by atoms with Gasteiger partial charge in [0, 0.05) is 24.2 Å². The molecule has 6 heteroatoms. The molecule has 1 heterocycles. The van der Waals surface area contributed by atoms with Gasteiger partial charge in [0.2, 0.25) is 5.91 Å². The van der Waals surface area contributed by atoms with Crippen LogP contribution >= 0.6 is 0 Å². The Morgan fingerprint density at radius 3 is 2.59 bits per heavy atom. The van der Waals surface area contributed by atoms with Crippen LogP contribution in [-0.4, -0.2) is 41.5 Å². The van der Waals surface area contributed by atoms with Gasteiger partial charge in [-0.25, -0.2) is 0 Å². The van der Waals surface area contributed by atoms with Crippen molar-refractivity contribution < 1.29 is 24.2 Å². The molecule has 2 unspecified atom stereocenters. The van der Waals surface area contributed by atoms with Crippen molar-refractivity contribution in [3.63, 3.8) is 0 Å². The summed E-state index contributed by atoms with van der Waals surface area (Å²) in [5, 5.41) is 10.8. The second-order valence-corrected chi connectivity index (χ2v) is 9.66. The molecule has 5 aliphatic rings. The molecule has 1 aromatic rings. The van der Waals surface area contributed by atoms with Gasteiger partial charge in [-0.2, -0.15) is 0 Å². The molecule has 1 aromatic carbocycles. The number of Topliss-reactive ketones (excluding diaryl/α,β-unsaturated/α-hetero) is 1. The minimum atomic E-state index is -0.732. The summed E-state index contributed by atoms with van der Waals surface area (Å²) in [5.41, 5.74) is -0.195. The smallest absolute Gasteiger partial charge is 0.312 e. The minimum Gasteiger partial charge on any atom is -0.457 e. The van der Waals surface area contributed by atoms with Gasteiger partial charge in [-0.3, -0.25) is 14.4 Å². The zero-order chi connectivity index (χ0) is 20.2. The first kappa shape index (κ1) is 18.8. The molecule has 0 spiro atoms. The molecule has 4 bridgehead atoms. The van der Waals surface area contributed by atoms with Crippen molar-refractivity contribution in [1.82, 2.24) is 0 Å². The van der Waals surface area contributed by atoms with Crippen LogP contribution in [-0.2, 0) is 14.3 Å². The molecule has 1 saturated heterocycles. The third-order valence-electron chi connectivity index (χ3n) is 7.35. The van der Waals surface area contributed by atoms with Gasteiger partial charge in [0.05, 0.1) is 11.0 Å². The molecule has 1 aliphatic heterocycles. The first-order valence-corrected chi connectivity index (χ1v) is 10.7. The van der Waals surface area contributed by atoms with E-state index in [9.17, 15) is 19.5 Å². The minimum absolute atomic E-state index is 0.0702. The van der Waals surface area contributed by atoms with Crippen LogP contribution in [0, 0.1) is 17.3 Å². The standard InChI is InChI=1S/C23H27NO5/c25-19(17-3-1-4-18(8-17)24-6-2-5-20(24)26)13-29-21(27)22-9-15-7-16(10-22)12-23(28,11-15)14-22/h1,3-4,8,15-16,28H,2,5-7,9-14H2/t15-,16+,22?,23?. The lowest BCUT2D eigenvalue weighted by Gasteiger charge is -2.58. The highest BCUT2D eigenvalue weighted by atomic mass is 16.5. The van der Waals surface area contributed by atoms with Crippen molar-refractivity contribution in [2.24, 2.45) is 17.3 Å². The Hall–Kier alpha value is -2.21. The van der Waals surface area contributed by atoms with Crippen molar-refractivity contribution in [3.05, 3.63) is 29.8 Å². The third-order valence-corrected chi connectivity index (χ3v) is 7.35. The van der Waals surface area contributed by atoms with E-state index in [2.05, 4.69) is 0 Å². The summed E-state index contributed by atoms with van der Waals surface area (Å²) >= 11 is 0. The summed E-state index contributed by atoms with van der Waals surface area (Å²) in [6.45, 7) is 0.366. The summed E-state index contributed by atoms with van der Waals surface area (Å²) in [4.78, 5) is 39.3. The Bertz CT molecular complexity index is 864. The van der Waals surface area contributed by atoms with E-state index < -0.39 is 11.0 Å². The number of hydrogen-bond donors (Lipinski definition) is 1. The van der Waals surface area contributed by atoms with Gasteiger partial charge in [0.25, 0.3) is 0 Å². The monoisotopic (exact) mass is 397 g/mol. The predicted octanol–water partition coefficient (Wildman–Crippen LogP) is 2.87. The molecule has 4 saturated carbocycles. The highest BCUT2D eigenvalue weighted by Gasteiger charge is 2.60. The van der Waals surface area contributed by atoms with Gasteiger partial charge in [-0.15, -0.1) is 0 Å². The van der Waals surface area contributed by atoms with Crippen molar-refractivity contribution in [2.75, 3.05) is 18.1 Å². The van der Waals surface area contributed by atoms with E-state index in [4.69, 9.17) is 4.74 Å². The van der Waals surface area contributed by atoms with Gasteiger partial charge in [-0.1, -0.05) is 12.1 Å². The van der Waals surface area contributed by atoms with E-state index >= 15 is 0 Å². The van der Waals surface area contributed by atoms with Crippen LogP contribution in [0.5, 0.6) is 0 Å². The first-order chi connectivity index (χ1) is 13.9. The number of ether oxygens (including phenoxy) is 1. The van der Waals surface area contributed by atoms with E-state index in [0.717, 1.165) is 38.5 Å². The molecule has 4 aliphatic carbocycles. The van der Waals surface area contributed by atoms with Crippen LogP contribution in [0.3, 0.4) is 0 Å². The summed E-state index contributed by atoms with van der Waals surface area (Å²) in [7, 11) is 0. The number of nitrogens with zero attached hydrogens (tertiary/aromatic N) is 1. The number of ketones is 1. The molecule has 29 heavy (non-hydrogen) atoms. The number of rotatable bonds is 5.